The fourth-order valence-corrected chi connectivity index (χ4v) is 9.82. The molecule has 7 rings (SSSR count). The molecule has 0 spiro atoms. The van der Waals surface area contributed by atoms with Crippen molar-refractivity contribution in [2.75, 3.05) is 0 Å². The average Bonchev–Trinajstić information content (AvgIpc) is 3.15. The van der Waals surface area contributed by atoms with E-state index >= 15 is 0 Å². The van der Waals surface area contributed by atoms with Gasteiger partial charge in [-0.25, -0.2) is 0 Å². The Kier molecular flexibility index (Phi) is 21.0. The largest absolute Gasteiger partial charge is 0.313 e. The molecule has 0 saturated carbocycles. The maximum Gasteiger partial charge on any atom is 0.313 e. The molecular weight excluding hydrogens is 882 g/mol. The molecule has 0 amide bonds. The van der Waals surface area contributed by atoms with Gasteiger partial charge in [-0.1, -0.05) is 206 Å². The van der Waals surface area contributed by atoms with Crippen molar-refractivity contribution in [1.82, 2.24) is 0 Å². The van der Waals surface area contributed by atoms with Gasteiger partial charge in [-0.2, -0.15) is 0 Å². The van der Waals surface area contributed by atoms with Crippen LogP contribution in [0.2, 0.25) is 0 Å². The van der Waals surface area contributed by atoms with Gasteiger partial charge in [0.2, 0.25) is 0 Å². The first-order chi connectivity index (χ1) is 24.6. The van der Waals surface area contributed by atoms with Gasteiger partial charge in [-0.05, 0) is 96.6 Å². The molecule has 51 heavy (non-hydrogen) atoms. The predicted molar refractivity (Wildman–Crippen MR) is 224 cm³/mol. The van der Waals surface area contributed by atoms with Gasteiger partial charge < -0.3 is 0 Å². The molecule has 0 unspecified atom stereocenters. The molecule has 6 aromatic rings. The van der Waals surface area contributed by atoms with Crippen LogP contribution < -0.4 is 31.8 Å². The fourth-order valence-electron chi connectivity index (χ4n) is 5.21. The maximum absolute atomic E-state index is 8.98. The van der Waals surface area contributed by atoms with Crippen LogP contribution in [-0.4, -0.2) is 4.70 Å². The SMILES string of the molecule is C1=CCCC=CCC1.O=C(Cl)Cl.[Ir].c1ccc(P(c2ccccc2)c2ccccc2)cc1.c1ccc(P(c2ccccc2)c2ccccc2)cc1. The molecule has 0 aliphatic heterocycles. The van der Waals surface area contributed by atoms with Gasteiger partial charge in [-0.15, -0.1) is 0 Å². The standard InChI is InChI=1S/2C18H15P.C8H12.CCl2O.Ir/c2*1-4-10-16(11-5-1)19(17-12-6-2-7-13-17)18-14-8-3-9-15-18;1-2-4-6-8-7-5-3-1;2-1(3)4;/h2*1-15H;1-2,7-8H,3-6H2;;. The van der Waals surface area contributed by atoms with Crippen molar-refractivity contribution in [2.45, 2.75) is 25.7 Å². The first-order valence-corrected chi connectivity index (χ1v) is 20.1. The number of rotatable bonds is 6. The minimum absolute atomic E-state index is 0. The maximum atomic E-state index is 8.98. The predicted octanol–water partition coefficient (Wildman–Crippen LogP) is 11.1. The number of carbonyl (C=O) groups excluding carboxylic acids is 1. The van der Waals surface area contributed by atoms with E-state index in [1.54, 1.807) is 0 Å². The molecule has 261 valence electrons. The summed E-state index contributed by atoms with van der Waals surface area (Å²) in [5, 5.41) is 8.39. The summed E-state index contributed by atoms with van der Waals surface area (Å²) in [6.07, 6.45) is 14.0. The van der Waals surface area contributed by atoms with E-state index in [1.807, 2.05) is 0 Å². The molecule has 0 bridgehead atoms. The first-order valence-electron chi connectivity index (χ1n) is 16.7. The van der Waals surface area contributed by atoms with Gasteiger partial charge >= 0.3 is 4.70 Å². The molecule has 0 atom stereocenters. The molecule has 0 aromatic heterocycles. The molecule has 0 heterocycles. The Bertz CT molecular complexity index is 1490. The topological polar surface area (TPSA) is 17.1 Å². The van der Waals surface area contributed by atoms with Crippen LogP contribution in [-0.2, 0) is 20.1 Å². The molecule has 0 saturated heterocycles. The average molecular weight is 924 g/mol. The third-order valence-electron chi connectivity index (χ3n) is 7.42. The Morgan fingerprint density at radius 2 is 0.471 bits per heavy atom. The molecular formula is C45H42Cl2IrOP2. The van der Waals surface area contributed by atoms with Gasteiger partial charge in [0, 0.05) is 20.1 Å². The number of halogens is 2. The van der Waals surface area contributed by atoms with Crippen LogP contribution in [0.4, 0.5) is 4.79 Å². The van der Waals surface area contributed by atoms with E-state index in [1.165, 1.54) is 57.5 Å². The van der Waals surface area contributed by atoms with Crippen molar-refractivity contribution in [3.05, 3.63) is 206 Å². The zero-order valence-electron chi connectivity index (χ0n) is 28.4. The minimum atomic E-state index is -0.889. The zero-order valence-corrected chi connectivity index (χ0v) is 34.0. The summed E-state index contributed by atoms with van der Waals surface area (Å²) in [6, 6.07) is 64.7. The van der Waals surface area contributed by atoms with Crippen molar-refractivity contribution in [1.29, 1.82) is 0 Å². The molecule has 0 fully saturated rings. The van der Waals surface area contributed by atoms with Crippen molar-refractivity contribution in [3.63, 3.8) is 0 Å². The second-order valence-corrected chi connectivity index (χ2v) is 16.3. The van der Waals surface area contributed by atoms with E-state index in [0.29, 0.717) is 0 Å². The van der Waals surface area contributed by atoms with Crippen LogP contribution in [0.25, 0.3) is 0 Å². The molecule has 1 nitrogen and oxygen atoms in total. The molecule has 6 heteroatoms. The Morgan fingerprint density at radius 1 is 0.333 bits per heavy atom. The van der Waals surface area contributed by atoms with Gasteiger partial charge in [0.05, 0.1) is 0 Å². The second kappa shape index (κ2) is 25.5. The first kappa shape index (κ1) is 42.0. The van der Waals surface area contributed by atoms with Crippen LogP contribution in [0, 0.1) is 0 Å². The molecule has 6 aromatic carbocycles. The van der Waals surface area contributed by atoms with E-state index in [-0.39, 0.29) is 20.1 Å². The summed E-state index contributed by atoms with van der Waals surface area (Å²) in [6.45, 7) is 0. The normalized spacial score (nSPS) is 11.5. The Balaban J connectivity index is 0.000000207. The fraction of sp³-hybridized carbons (Fsp3) is 0.0889. The summed E-state index contributed by atoms with van der Waals surface area (Å²) < 4.78 is -0.889. The molecule has 1 aliphatic carbocycles. The van der Waals surface area contributed by atoms with Crippen molar-refractivity contribution >= 4 is 75.6 Å². The third-order valence-corrected chi connectivity index (χ3v) is 12.3. The second-order valence-electron chi connectivity index (χ2n) is 11.0. The van der Waals surface area contributed by atoms with Gasteiger partial charge in [0.25, 0.3) is 0 Å². The van der Waals surface area contributed by atoms with Crippen LogP contribution in [0.5, 0.6) is 0 Å². The van der Waals surface area contributed by atoms with Crippen molar-refractivity contribution in [3.8, 4) is 0 Å². The van der Waals surface area contributed by atoms with Crippen LogP contribution in [0.3, 0.4) is 0 Å². The Hall–Kier alpha value is -3.44. The number of carbonyl (C=O) groups is 1. The number of hydrogen-bond acceptors (Lipinski definition) is 1. The summed E-state index contributed by atoms with van der Waals surface area (Å²) in [7, 11) is -0.892. The monoisotopic (exact) mass is 923 g/mol. The molecule has 1 radical (unpaired) electrons. The number of benzene rings is 6. The quantitative estimate of drug-likeness (QED) is 0.0924. The summed E-state index contributed by atoms with van der Waals surface area (Å²) in [5.41, 5.74) is 0. The molecule has 1 aliphatic rings. The van der Waals surface area contributed by atoms with Crippen molar-refractivity contribution in [2.24, 2.45) is 0 Å². The Labute approximate surface area is 330 Å². The van der Waals surface area contributed by atoms with Gasteiger partial charge in [0.1, 0.15) is 0 Å². The molecule has 0 N–H and O–H groups in total. The van der Waals surface area contributed by atoms with Gasteiger partial charge in [-0.3, -0.25) is 4.79 Å². The minimum Gasteiger partial charge on any atom is -0.262 e. The van der Waals surface area contributed by atoms with E-state index in [4.69, 9.17) is 4.79 Å². The smallest absolute Gasteiger partial charge is 0.262 e. The zero-order chi connectivity index (χ0) is 35.1. The summed E-state index contributed by atoms with van der Waals surface area (Å²) >= 11 is 8.80. The van der Waals surface area contributed by atoms with Crippen LogP contribution in [0.15, 0.2) is 206 Å². The summed E-state index contributed by atoms with van der Waals surface area (Å²) in [5.74, 6) is 0. The van der Waals surface area contributed by atoms with Crippen molar-refractivity contribution < 1.29 is 24.9 Å². The van der Waals surface area contributed by atoms with E-state index in [9.17, 15) is 0 Å². The summed E-state index contributed by atoms with van der Waals surface area (Å²) in [4.78, 5) is 8.98. The van der Waals surface area contributed by atoms with Gasteiger partial charge in [0.15, 0.2) is 0 Å². The van der Waals surface area contributed by atoms with Crippen LogP contribution in [0.1, 0.15) is 25.7 Å². The van der Waals surface area contributed by atoms with E-state index < -0.39 is 20.5 Å². The Morgan fingerprint density at radius 3 is 0.608 bits per heavy atom. The third kappa shape index (κ3) is 15.8. The van der Waals surface area contributed by atoms with E-state index in [0.717, 1.165) is 0 Å². The number of hydrogen-bond donors (Lipinski definition) is 0. The number of allylic oxidation sites excluding steroid dienone is 4. The van der Waals surface area contributed by atoms with Crippen LogP contribution >= 0.6 is 39.0 Å². The van der Waals surface area contributed by atoms with E-state index in [2.05, 4.69) is 229 Å².